The summed E-state index contributed by atoms with van der Waals surface area (Å²) in [6.07, 6.45) is 3.36. The molecule has 0 aliphatic rings. The smallest absolute Gasteiger partial charge is 0.267 e. The summed E-state index contributed by atoms with van der Waals surface area (Å²) in [6, 6.07) is 9.71. The van der Waals surface area contributed by atoms with Gasteiger partial charge < -0.3 is 5.73 Å². The van der Waals surface area contributed by atoms with Crippen LogP contribution in [0.4, 0.5) is 0 Å². The Hall–Kier alpha value is -3.48. The first-order valence-corrected chi connectivity index (χ1v) is 8.75. The van der Waals surface area contributed by atoms with Gasteiger partial charge in [0.1, 0.15) is 17.0 Å². The SMILES string of the molecule is Cc1cccc(-c2n[nH]c(C(C)C)c2-c2ccc3ncc(C(N)=O)n3c2)n1. The molecule has 0 radical (unpaired) electrons. The zero-order chi connectivity index (χ0) is 19.1. The number of primary amides is 1. The normalized spacial score (nSPS) is 11.4. The zero-order valence-electron chi connectivity index (χ0n) is 15.4. The fourth-order valence-electron chi connectivity index (χ4n) is 3.24. The van der Waals surface area contributed by atoms with Crippen molar-refractivity contribution < 1.29 is 4.79 Å². The maximum absolute atomic E-state index is 11.7. The van der Waals surface area contributed by atoms with E-state index >= 15 is 0 Å². The summed E-state index contributed by atoms with van der Waals surface area (Å²) in [5.41, 5.74) is 11.9. The van der Waals surface area contributed by atoms with E-state index in [0.29, 0.717) is 11.3 Å². The number of nitrogens with two attached hydrogens (primary N) is 1. The molecule has 0 bridgehead atoms. The Morgan fingerprint density at radius 2 is 2.04 bits per heavy atom. The molecule has 4 aromatic heterocycles. The first kappa shape index (κ1) is 17.0. The minimum Gasteiger partial charge on any atom is -0.364 e. The van der Waals surface area contributed by atoms with Crippen LogP contribution in [0.3, 0.4) is 0 Å². The Labute approximate surface area is 156 Å². The van der Waals surface area contributed by atoms with Gasteiger partial charge >= 0.3 is 0 Å². The van der Waals surface area contributed by atoms with E-state index in [1.54, 1.807) is 4.40 Å². The molecule has 0 aliphatic heterocycles. The molecule has 7 nitrogen and oxygen atoms in total. The van der Waals surface area contributed by atoms with Crippen LogP contribution in [0.25, 0.3) is 28.2 Å². The van der Waals surface area contributed by atoms with Crippen molar-refractivity contribution in [3.63, 3.8) is 0 Å². The molecule has 0 aromatic carbocycles. The fraction of sp³-hybridized carbons (Fsp3) is 0.200. The van der Waals surface area contributed by atoms with Gasteiger partial charge in [-0.1, -0.05) is 19.9 Å². The van der Waals surface area contributed by atoms with Crippen LogP contribution in [-0.2, 0) is 0 Å². The molecular formula is C20H20N6O. The van der Waals surface area contributed by atoms with Gasteiger partial charge in [0.05, 0.1) is 11.9 Å². The number of hydrogen-bond acceptors (Lipinski definition) is 4. The number of amides is 1. The molecule has 3 N–H and O–H groups in total. The van der Waals surface area contributed by atoms with Crippen LogP contribution in [-0.4, -0.2) is 30.5 Å². The average Bonchev–Trinajstić information content (AvgIpc) is 3.25. The zero-order valence-corrected chi connectivity index (χ0v) is 15.4. The van der Waals surface area contributed by atoms with Crippen LogP contribution in [0, 0.1) is 6.92 Å². The number of rotatable bonds is 4. The summed E-state index contributed by atoms with van der Waals surface area (Å²) < 4.78 is 1.71. The highest BCUT2D eigenvalue weighted by Crippen LogP contribution is 2.36. The monoisotopic (exact) mass is 360 g/mol. The largest absolute Gasteiger partial charge is 0.364 e. The predicted octanol–water partition coefficient (Wildman–Crippen LogP) is 3.32. The van der Waals surface area contributed by atoms with Crippen LogP contribution in [0.1, 0.15) is 41.6 Å². The highest BCUT2D eigenvalue weighted by molar-refractivity contribution is 5.92. The lowest BCUT2D eigenvalue weighted by atomic mass is 9.97. The van der Waals surface area contributed by atoms with Gasteiger partial charge in [0.2, 0.25) is 0 Å². The van der Waals surface area contributed by atoms with Crippen molar-refractivity contribution in [2.75, 3.05) is 0 Å². The van der Waals surface area contributed by atoms with Gasteiger partial charge in [0.25, 0.3) is 5.91 Å². The van der Waals surface area contributed by atoms with Crippen LogP contribution >= 0.6 is 0 Å². The first-order chi connectivity index (χ1) is 13.0. The van der Waals surface area contributed by atoms with Crippen molar-refractivity contribution in [3.05, 3.63) is 59.8 Å². The van der Waals surface area contributed by atoms with Gasteiger partial charge in [-0.3, -0.25) is 19.3 Å². The fourth-order valence-corrected chi connectivity index (χ4v) is 3.24. The summed E-state index contributed by atoms with van der Waals surface area (Å²) >= 11 is 0. The number of imidazole rings is 1. The van der Waals surface area contributed by atoms with E-state index in [0.717, 1.165) is 33.9 Å². The number of nitrogens with one attached hydrogen (secondary N) is 1. The Morgan fingerprint density at radius 3 is 2.74 bits per heavy atom. The van der Waals surface area contributed by atoms with Gasteiger partial charge in [0.15, 0.2) is 0 Å². The van der Waals surface area contributed by atoms with E-state index in [2.05, 4.69) is 34.0 Å². The Kier molecular flexibility index (Phi) is 3.99. The lowest BCUT2D eigenvalue weighted by molar-refractivity contribution is 0.0995. The lowest BCUT2D eigenvalue weighted by Gasteiger charge is -2.10. The van der Waals surface area contributed by atoms with Crippen LogP contribution in [0.15, 0.2) is 42.7 Å². The van der Waals surface area contributed by atoms with Gasteiger partial charge in [-0.2, -0.15) is 5.10 Å². The van der Waals surface area contributed by atoms with Crippen molar-refractivity contribution in [3.8, 4) is 22.5 Å². The molecule has 1 amide bonds. The van der Waals surface area contributed by atoms with Gasteiger partial charge in [0, 0.05) is 28.7 Å². The molecule has 136 valence electrons. The number of aryl methyl sites for hydroxylation is 1. The van der Waals surface area contributed by atoms with Crippen LogP contribution in [0.5, 0.6) is 0 Å². The molecule has 27 heavy (non-hydrogen) atoms. The molecule has 7 heteroatoms. The quantitative estimate of drug-likeness (QED) is 0.583. The minimum absolute atomic E-state index is 0.236. The number of fused-ring (bicyclic) bond motifs is 1. The summed E-state index contributed by atoms with van der Waals surface area (Å²) in [6.45, 7) is 6.17. The molecule has 0 saturated heterocycles. The maximum atomic E-state index is 11.7. The molecule has 4 aromatic rings. The Bertz CT molecular complexity index is 1150. The highest BCUT2D eigenvalue weighted by Gasteiger charge is 2.21. The van der Waals surface area contributed by atoms with E-state index in [9.17, 15) is 4.79 Å². The van der Waals surface area contributed by atoms with Gasteiger partial charge in [-0.15, -0.1) is 0 Å². The van der Waals surface area contributed by atoms with E-state index in [1.165, 1.54) is 6.20 Å². The topological polar surface area (TPSA) is 102 Å². The molecule has 0 unspecified atom stereocenters. The second kappa shape index (κ2) is 6.35. The van der Waals surface area contributed by atoms with Crippen LogP contribution < -0.4 is 5.73 Å². The second-order valence-electron chi connectivity index (χ2n) is 6.83. The highest BCUT2D eigenvalue weighted by atomic mass is 16.1. The summed E-state index contributed by atoms with van der Waals surface area (Å²) in [5.74, 6) is -0.281. The number of pyridine rings is 2. The van der Waals surface area contributed by atoms with E-state index in [1.807, 2.05) is 43.5 Å². The summed E-state index contributed by atoms with van der Waals surface area (Å²) in [5, 5.41) is 7.71. The molecule has 0 spiro atoms. The molecule has 0 atom stereocenters. The number of carbonyl (C=O) groups excluding carboxylic acids is 1. The molecule has 0 fully saturated rings. The first-order valence-electron chi connectivity index (χ1n) is 8.75. The molecule has 4 rings (SSSR count). The predicted molar refractivity (Wildman–Crippen MR) is 103 cm³/mol. The number of H-pyrrole nitrogens is 1. The van der Waals surface area contributed by atoms with Crippen molar-refractivity contribution in [1.82, 2.24) is 24.6 Å². The second-order valence-corrected chi connectivity index (χ2v) is 6.83. The van der Waals surface area contributed by atoms with Crippen molar-refractivity contribution >= 4 is 11.6 Å². The van der Waals surface area contributed by atoms with E-state index < -0.39 is 5.91 Å². The number of aromatic nitrogens is 5. The average molecular weight is 360 g/mol. The van der Waals surface area contributed by atoms with Crippen molar-refractivity contribution in [2.24, 2.45) is 5.73 Å². The standard InChI is InChI=1S/C20H20N6O/c1-11(2)18-17(19(25-24-18)14-6-4-5-12(3)23-14)13-7-8-16-22-9-15(20(21)27)26(16)10-13/h4-11H,1-3H3,(H2,21,27)(H,24,25). The molecule has 4 heterocycles. The van der Waals surface area contributed by atoms with Crippen molar-refractivity contribution in [2.45, 2.75) is 26.7 Å². The Balaban J connectivity index is 1.97. The molecule has 0 aliphatic carbocycles. The van der Waals surface area contributed by atoms with Crippen molar-refractivity contribution in [1.29, 1.82) is 0 Å². The summed E-state index contributed by atoms with van der Waals surface area (Å²) in [7, 11) is 0. The maximum Gasteiger partial charge on any atom is 0.267 e. The third-order valence-electron chi connectivity index (χ3n) is 4.55. The summed E-state index contributed by atoms with van der Waals surface area (Å²) in [4.78, 5) is 20.6. The van der Waals surface area contributed by atoms with Gasteiger partial charge in [-0.25, -0.2) is 4.98 Å². The number of carbonyl (C=O) groups is 1. The Morgan fingerprint density at radius 1 is 1.22 bits per heavy atom. The molecular weight excluding hydrogens is 340 g/mol. The minimum atomic E-state index is -0.517. The molecule has 0 saturated carbocycles. The van der Waals surface area contributed by atoms with E-state index in [-0.39, 0.29) is 5.92 Å². The number of nitrogens with zero attached hydrogens (tertiary/aromatic N) is 4. The lowest BCUT2D eigenvalue weighted by Crippen LogP contribution is -2.13. The number of hydrogen-bond donors (Lipinski definition) is 2. The van der Waals surface area contributed by atoms with E-state index in [4.69, 9.17) is 5.73 Å². The van der Waals surface area contributed by atoms with Gasteiger partial charge in [-0.05, 0) is 37.1 Å². The third kappa shape index (κ3) is 2.87. The number of aromatic amines is 1. The third-order valence-corrected chi connectivity index (χ3v) is 4.55. The van der Waals surface area contributed by atoms with Crippen LogP contribution in [0.2, 0.25) is 0 Å².